The molecule has 98 valence electrons. The molecule has 0 atom stereocenters. The van der Waals surface area contributed by atoms with Crippen LogP contribution in [0.2, 0.25) is 0 Å². The number of carbonyl (C=O) groups excluding carboxylic acids is 1. The van der Waals surface area contributed by atoms with Gasteiger partial charge in [0, 0.05) is 25.0 Å². The van der Waals surface area contributed by atoms with Crippen LogP contribution in [-0.2, 0) is 0 Å². The second-order valence-corrected chi connectivity index (χ2v) is 3.84. The Labute approximate surface area is 111 Å². The van der Waals surface area contributed by atoms with Crippen molar-refractivity contribution in [1.29, 1.82) is 0 Å². The molecule has 1 N–H and O–H groups in total. The van der Waals surface area contributed by atoms with Crippen LogP contribution in [-0.4, -0.2) is 29.0 Å². The molecule has 2 aromatic rings. The van der Waals surface area contributed by atoms with Crippen molar-refractivity contribution in [3.8, 4) is 5.88 Å². The molecule has 0 saturated carbocycles. The average molecular weight is 257 g/mol. The number of hydrogen-bond acceptors (Lipinski definition) is 4. The Morgan fingerprint density at radius 3 is 2.58 bits per heavy atom. The minimum atomic E-state index is -0.168. The van der Waals surface area contributed by atoms with Gasteiger partial charge in [-0.25, -0.2) is 4.98 Å². The van der Waals surface area contributed by atoms with Crippen molar-refractivity contribution < 1.29 is 9.53 Å². The first-order chi connectivity index (χ1) is 9.36. The van der Waals surface area contributed by atoms with Gasteiger partial charge in [-0.1, -0.05) is 12.1 Å². The number of nitrogens with zero attached hydrogens (tertiary/aromatic N) is 2. The van der Waals surface area contributed by atoms with Gasteiger partial charge in [-0.2, -0.15) is 0 Å². The number of nitrogens with one attached hydrogen (secondary N) is 1. The smallest absolute Gasteiger partial charge is 0.269 e. The molecule has 0 radical (unpaired) electrons. The molecule has 19 heavy (non-hydrogen) atoms. The molecule has 0 aliphatic heterocycles. The van der Waals surface area contributed by atoms with Gasteiger partial charge in [-0.15, -0.1) is 0 Å². The van der Waals surface area contributed by atoms with Crippen molar-refractivity contribution in [1.82, 2.24) is 15.3 Å². The van der Waals surface area contributed by atoms with Gasteiger partial charge in [-0.3, -0.25) is 9.78 Å². The van der Waals surface area contributed by atoms with E-state index >= 15 is 0 Å². The quantitative estimate of drug-likeness (QED) is 0.800. The first-order valence-electron chi connectivity index (χ1n) is 6.09. The molecule has 0 bridgehead atoms. The summed E-state index contributed by atoms with van der Waals surface area (Å²) < 4.78 is 5.42. The van der Waals surface area contributed by atoms with Crippen molar-refractivity contribution in [3.05, 3.63) is 54.5 Å². The predicted molar refractivity (Wildman–Crippen MR) is 70.9 cm³/mol. The predicted octanol–water partition coefficient (Wildman–Crippen LogP) is 1.68. The topological polar surface area (TPSA) is 64.1 Å². The lowest BCUT2D eigenvalue weighted by atomic mass is 10.3. The van der Waals surface area contributed by atoms with Crippen LogP contribution in [0.15, 0.2) is 48.8 Å². The van der Waals surface area contributed by atoms with Crippen molar-refractivity contribution in [3.63, 3.8) is 0 Å². The molecule has 0 unspecified atom stereocenters. The van der Waals surface area contributed by atoms with Crippen LogP contribution in [0.5, 0.6) is 5.88 Å². The van der Waals surface area contributed by atoms with Gasteiger partial charge >= 0.3 is 0 Å². The molecule has 0 aliphatic carbocycles. The fraction of sp³-hybridized carbons (Fsp3) is 0.214. The van der Waals surface area contributed by atoms with Crippen molar-refractivity contribution >= 4 is 5.91 Å². The first-order valence-corrected chi connectivity index (χ1v) is 6.09. The Kier molecular flexibility index (Phi) is 4.87. The highest BCUT2D eigenvalue weighted by Gasteiger charge is 2.04. The maximum atomic E-state index is 11.7. The zero-order chi connectivity index (χ0) is 13.3. The molecule has 1 amide bonds. The summed E-state index contributed by atoms with van der Waals surface area (Å²) >= 11 is 0. The zero-order valence-electron chi connectivity index (χ0n) is 10.5. The molecular weight excluding hydrogens is 242 g/mol. The monoisotopic (exact) mass is 257 g/mol. The molecule has 0 spiro atoms. The fourth-order valence-corrected chi connectivity index (χ4v) is 1.47. The summed E-state index contributed by atoms with van der Waals surface area (Å²) in [5, 5.41) is 2.78. The van der Waals surface area contributed by atoms with Crippen molar-refractivity contribution in [2.75, 3.05) is 13.2 Å². The van der Waals surface area contributed by atoms with Crippen LogP contribution in [0.4, 0.5) is 0 Å². The Morgan fingerprint density at radius 2 is 1.89 bits per heavy atom. The number of carbonyl (C=O) groups is 1. The van der Waals surface area contributed by atoms with E-state index in [1.54, 1.807) is 36.7 Å². The van der Waals surface area contributed by atoms with Crippen LogP contribution in [0.1, 0.15) is 16.9 Å². The van der Waals surface area contributed by atoms with Gasteiger partial charge in [0.1, 0.15) is 5.69 Å². The molecule has 5 nitrogen and oxygen atoms in total. The lowest BCUT2D eigenvalue weighted by molar-refractivity contribution is 0.0946. The van der Waals surface area contributed by atoms with Crippen LogP contribution in [0, 0.1) is 0 Å². The number of amides is 1. The highest BCUT2D eigenvalue weighted by molar-refractivity contribution is 5.92. The minimum Gasteiger partial charge on any atom is -0.478 e. The molecule has 2 aromatic heterocycles. The SMILES string of the molecule is O=C(NCCCOc1ccccn1)c1ccccn1. The molecule has 2 heterocycles. The highest BCUT2D eigenvalue weighted by Crippen LogP contribution is 2.03. The Balaban J connectivity index is 1.63. The van der Waals surface area contributed by atoms with Crippen molar-refractivity contribution in [2.45, 2.75) is 6.42 Å². The molecule has 0 fully saturated rings. The van der Waals surface area contributed by atoms with Crippen LogP contribution >= 0.6 is 0 Å². The average Bonchev–Trinajstić information content (AvgIpc) is 2.49. The third-order valence-electron chi connectivity index (χ3n) is 2.39. The van der Waals surface area contributed by atoms with Crippen molar-refractivity contribution in [2.24, 2.45) is 0 Å². The standard InChI is InChI=1S/C14H15N3O2/c18-14(12-6-1-3-8-15-12)17-10-5-11-19-13-7-2-4-9-16-13/h1-4,6-9H,5,10-11H2,(H,17,18). The summed E-state index contributed by atoms with van der Waals surface area (Å²) in [6, 6.07) is 10.7. The minimum absolute atomic E-state index is 0.168. The normalized spacial score (nSPS) is 9.89. The van der Waals surface area contributed by atoms with E-state index in [4.69, 9.17) is 4.74 Å². The van der Waals surface area contributed by atoms with E-state index in [0.29, 0.717) is 24.7 Å². The van der Waals surface area contributed by atoms with Gasteiger partial charge in [0.2, 0.25) is 5.88 Å². The van der Waals surface area contributed by atoms with E-state index in [-0.39, 0.29) is 5.91 Å². The lowest BCUT2D eigenvalue weighted by Crippen LogP contribution is -2.26. The zero-order valence-corrected chi connectivity index (χ0v) is 10.5. The molecule has 0 aliphatic rings. The summed E-state index contributed by atoms with van der Waals surface area (Å²) in [6.07, 6.45) is 3.99. The number of aromatic nitrogens is 2. The van der Waals surface area contributed by atoms with Gasteiger partial charge in [0.25, 0.3) is 5.91 Å². The third-order valence-corrected chi connectivity index (χ3v) is 2.39. The highest BCUT2D eigenvalue weighted by atomic mass is 16.5. The van der Waals surface area contributed by atoms with Crippen LogP contribution in [0.3, 0.4) is 0 Å². The molecule has 0 aromatic carbocycles. The Bertz CT molecular complexity index is 503. The Morgan fingerprint density at radius 1 is 1.11 bits per heavy atom. The number of pyridine rings is 2. The van der Waals surface area contributed by atoms with Gasteiger partial charge in [0.15, 0.2) is 0 Å². The number of hydrogen-bond donors (Lipinski definition) is 1. The van der Waals surface area contributed by atoms with E-state index in [1.165, 1.54) is 0 Å². The second kappa shape index (κ2) is 7.10. The van der Waals surface area contributed by atoms with Gasteiger partial charge in [-0.05, 0) is 24.6 Å². The number of rotatable bonds is 6. The Hall–Kier alpha value is -2.43. The summed E-state index contributed by atoms with van der Waals surface area (Å²) in [5.41, 5.74) is 0.424. The van der Waals surface area contributed by atoms with E-state index in [0.717, 1.165) is 6.42 Å². The summed E-state index contributed by atoms with van der Waals surface area (Å²) in [7, 11) is 0. The van der Waals surface area contributed by atoms with Crippen LogP contribution in [0.25, 0.3) is 0 Å². The van der Waals surface area contributed by atoms with E-state index < -0.39 is 0 Å². The molecule has 0 saturated heterocycles. The van der Waals surface area contributed by atoms with Crippen LogP contribution < -0.4 is 10.1 Å². The summed E-state index contributed by atoms with van der Waals surface area (Å²) in [6.45, 7) is 1.06. The number of ether oxygens (including phenoxy) is 1. The fourth-order valence-electron chi connectivity index (χ4n) is 1.47. The van der Waals surface area contributed by atoms with E-state index in [2.05, 4.69) is 15.3 Å². The second-order valence-electron chi connectivity index (χ2n) is 3.84. The third kappa shape index (κ3) is 4.39. The molecule has 2 rings (SSSR count). The molecule has 5 heteroatoms. The maximum Gasteiger partial charge on any atom is 0.269 e. The largest absolute Gasteiger partial charge is 0.478 e. The maximum absolute atomic E-state index is 11.7. The van der Waals surface area contributed by atoms with Gasteiger partial charge in [0.05, 0.1) is 6.61 Å². The van der Waals surface area contributed by atoms with E-state index in [9.17, 15) is 4.79 Å². The van der Waals surface area contributed by atoms with E-state index in [1.807, 2.05) is 12.1 Å². The molecular formula is C14H15N3O2. The first kappa shape index (κ1) is 13.0. The summed E-state index contributed by atoms with van der Waals surface area (Å²) in [5.74, 6) is 0.428. The van der Waals surface area contributed by atoms with Gasteiger partial charge < -0.3 is 10.1 Å². The summed E-state index contributed by atoms with van der Waals surface area (Å²) in [4.78, 5) is 19.7. The lowest BCUT2D eigenvalue weighted by Gasteiger charge is -2.06.